The Hall–Kier alpha value is -0.289. The zero-order chi connectivity index (χ0) is 39.8. The topological polar surface area (TPSA) is 110 Å². The van der Waals surface area contributed by atoms with Crippen LogP contribution in [0.25, 0.3) is 0 Å². The predicted molar refractivity (Wildman–Crippen MR) is 218 cm³/mol. The van der Waals surface area contributed by atoms with E-state index >= 15 is 0 Å². The molecule has 1 N–H and O–H groups in total. The molecule has 52 heavy (non-hydrogen) atoms. The Bertz CT molecular complexity index is 1110. The van der Waals surface area contributed by atoms with Crippen LogP contribution in [0.1, 0.15) is 94.4 Å². The summed E-state index contributed by atoms with van der Waals surface area (Å²) in [7, 11) is -4.24. The van der Waals surface area contributed by atoms with Crippen LogP contribution in [-0.2, 0) is 37.4 Å². The normalized spacial score (nSPS) is 29.2. The number of methoxy groups -OCH3 is 1. The highest BCUT2D eigenvalue weighted by atomic mass is 28.4. The lowest BCUT2D eigenvalue weighted by atomic mass is 9.41. The first kappa shape index (κ1) is 47.9. The predicted octanol–water partition coefficient (Wildman–Crippen LogP) is 9.07. The Balaban J connectivity index is 2.94. The molecule has 0 aromatic rings. The minimum atomic E-state index is -2.35. The molecule has 0 bridgehead atoms. The SMILES string of the molecule is CC[Si](CC)(CC)O[C@H]1C[C@@H](C(C)(C)C(=O)CO)[C@](C=O)(CCCOCOC)[C@H]2[C@@H](O[Si](C)(C)C(C)(C)C)CC[C@@H](OCOCC[Si](C)(C)C)[C@]12C. The third-order valence-electron chi connectivity index (χ3n) is 13.8. The molecule has 2 rings (SSSR count). The summed E-state index contributed by atoms with van der Waals surface area (Å²) in [6, 6.07) is 3.99. The van der Waals surface area contributed by atoms with Crippen LogP contribution < -0.4 is 0 Å². The molecule has 0 spiro atoms. The molecule has 7 atom stereocenters. The van der Waals surface area contributed by atoms with Gasteiger partial charge in [-0.15, -0.1) is 0 Å². The molecule has 0 aromatic heterocycles. The minimum absolute atomic E-state index is 0.0520. The molecule has 306 valence electrons. The molecule has 0 heterocycles. The van der Waals surface area contributed by atoms with Crippen LogP contribution in [0.2, 0.25) is 61.9 Å². The second-order valence-electron chi connectivity index (χ2n) is 19.4. The number of hydrogen-bond acceptors (Lipinski definition) is 9. The molecule has 2 aliphatic carbocycles. The van der Waals surface area contributed by atoms with Crippen molar-refractivity contribution in [3.8, 4) is 0 Å². The Morgan fingerprint density at radius 2 is 1.48 bits per heavy atom. The summed E-state index contributed by atoms with van der Waals surface area (Å²) in [6.07, 6.45) is 3.51. The second-order valence-corrected chi connectivity index (χ2v) is 34.5. The summed E-state index contributed by atoms with van der Waals surface area (Å²) in [4.78, 5) is 28.2. The van der Waals surface area contributed by atoms with E-state index in [-0.39, 0.29) is 48.6 Å². The first-order valence-electron chi connectivity index (χ1n) is 20.2. The molecule has 0 radical (unpaired) electrons. The van der Waals surface area contributed by atoms with Crippen molar-refractivity contribution in [2.75, 3.05) is 40.5 Å². The third kappa shape index (κ3) is 10.8. The Labute approximate surface area is 321 Å². The molecule has 0 aliphatic heterocycles. The van der Waals surface area contributed by atoms with Gasteiger partial charge in [-0.3, -0.25) is 4.79 Å². The molecule has 12 heteroatoms. The van der Waals surface area contributed by atoms with Gasteiger partial charge in [0.2, 0.25) is 0 Å². The van der Waals surface area contributed by atoms with E-state index in [1.54, 1.807) is 7.11 Å². The molecule has 2 aliphatic rings. The van der Waals surface area contributed by atoms with E-state index in [4.69, 9.17) is 27.8 Å². The van der Waals surface area contributed by atoms with E-state index in [0.717, 1.165) is 37.0 Å². The van der Waals surface area contributed by atoms with Gasteiger partial charge in [-0.2, -0.15) is 0 Å². The van der Waals surface area contributed by atoms with Crippen molar-refractivity contribution < 1.29 is 42.5 Å². The number of ether oxygens (including phenoxy) is 4. The minimum Gasteiger partial charge on any atom is -0.414 e. The van der Waals surface area contributed by atoms with E-state index < -0.39 is 53.5 Å². The maximum Gasteiger partial charge on any atom is 0.192 e. The van der Waals surface area contributed by atoms with Gasteiger partial charge < -0.3 is 37.7 Å². The summed E-state index contributed by atoms with van der Waals surface area (Å²) in [5, 5.41) is 10.3. The number of hydrogen-bond donors (Lipinski definition) is 1. The van der Waals surface area contributed by atoms with Crippen LogP contribution >= 0.6 is 0 Å². The summed E-state index contributed by atoms with van der Waals surface area (Å²) >= 11 is 0. The smallest absolute Gasteiger partial charge is 0.192 e. The number of carbonyl (C=O) groups excluding carboxylic acids is 2. The fourth-order valence-electron chi connectivity index (χ4n) is 9.15. The maximum atomic E-state index is 14.4. The van der Waals surface area contributed by atoms with Gasteiger partial charge in [0.05, 0.1) is 12.2 Å². The lowest BCUT2D eigenvalue weighted by Gasteiger charge is -2.67. The van der Waals surface area contributed by atoms with Gasteiger partial charge in [0, 0.05) is 56.7 Å². The number of carbonyl (C=O) groups is 2. The lowest BCUT2D eigenvalue weighted by Crippen LogP contribution is -2.71. The van der Waals surface area contributed by atoms with Gasteiger partial charge in [0.25, 0.3) is 0 Å². The first-order chi connectivity index (χ1) is 24.0. The number of ketones is 1. The fraction of sp³-hybridized carbons (Fsp3) is 0.950. The van der Waals surface area contributed by atoms with Crippen molar-refractivity contribution in [3.63, 3.8) is 0 Å². The van der Waals surface area contributed by atoms with E-state index in [2.05, 4.69) is 81.2 Å². The van der Waals surface area contributed by atoms with Crippen molar-refractivity contribution in [1.29, 1.82) is 0 Å². The van der Waals surface area contributed by atoms with E-state index in [1.807, 2.05) is 13.8 Å². The quantitative estimate of drug-likeness (QED) is 0.0470. The average Bonchev–Trinajstić information content (AvgIpc) is 3.06. The Kier molecular flexibility index (Phi) is 17.7. The van der Waals surface area contributed by atoms with Gasteiger partial charge in [0.15, 0.2) is 22.4 Å². The average molecular weight is 789 g/mol. The highest BCUT2D eigenvalue weighted by molar-refractivity contribution is 6.76. The number of aliphatic hydroxyl groups is 1. The highest BCUT2D eigenvalue weighted by Gasteiger charge is 2.70. The van der Waals surface area contributed by atoms with Crippen LogP contribution in [-0.4, -0.2) is 101 Å². The van der Waals surface area contributed by atoms with Crippen LogP contribution in [0, 0.1) is 28.1 Å². The number of fused-ring (bicyclic) bond motifs is 1. The number of rotatable bonds is 23. The fourth-order valence-corrected chi connectivity index (χ4v) is 14.2. The molecule has 9 nitrogen and oxygen atoms in total. The van der Waals surface area contributed by atoms with Gasteiger partial charge in [-0.1, -0.05) is 82.0 Å². The van der Waals surface area contributed by atoms with Crippen LogP contribution in [0.4, 0.5) is 0 Å². The van der Waals surface area contributed by atoms with Gasteiger partial charge in [0.1, 0.15) is 26.5 Å². The molecule has 0 amide bonds. The summed E-state index contributed by atoms with van der Waals surface area (Å²) < 4.78 is 39.1. The van der Waals surface area contributed by atoms with E-state index in [1.165, 1.54) is 6.29 Å². The van der Waals surface area contributed by atoms with E-state index in [0.29, 0.717) is 32.5 Å². The van der Waals surface area contributed by atoms with Crippen molar-refractivity contribution in [3.05, 3.63) is 0 Å². The highest BCUT2D eigenvalue weighted by Crippen LogP contribution is 2.66. The van der Waals surface area contributed by atoms with Crippen LogP contribution in [0.3, 0.4) is 0 Å². The van der Waals surface area contributed by atoms with Gasteiger partial charge in [-0.25, -0.2) is 0 Å². The third-order valence-corrected chi connectivity index (χ3v) is 24.7. The maximum absolute atomic E-state index is 14.4. The Morgan fingerprint density at radius 1 is 0.885 bits per heavy atom. The molecule has 0 aromatic carbocycles. The van der Waals surface area contributed by atoms with E-state index in [9.17, 15) is 14.7 Å². The standard InChI is InChI=1S/C40H80O9Si3/c1-16-52(17-2,18-3)49-35-26-32(38(7,8)33(43)27-41)40(28-42,22-19-23-45-29-44-10)36-31(48-51(14,15)37(4,5)6)20-21-34(39(35,36)9)47-30-46-24-25-50(11,12)13/h28,31-32,34-36,41H,16-27,29-30H2,1-15H3/t31-,32-,34+,35-,36-,39+,40+/m0/s1. The molecule has 2 saturated carbocycles. The molecule has 2 fully saturated rings. The van der Waals surface area contributed by atoms with Gasteiger partial charge in [-0.05, 0) is 80.3 Å². The zero-order valence-corrected chi connectivity index (χ0v) is 39.1. The molecule has 0 unspecified atom stereocenters. The van der Waals surface area contributed by atoms with Crippen molar-refractivity contribution >= 4 is 36.8 Å². The molecular formula is C40H80O9Si3. The largest absolute Gasteiger partial charge is 0.414 e. The second kappa shape index (κ2) is 19.2. The number of aliphatic hydroxyl groups excluding tert-OH is 1. The first-order valence-corrected chi connectivity index (χ1v) is 29.4. The van der Waals surface area contributed by atoms with Gasteiger partial charge >= 0.3 is 0 Å². The summed E-state index contributed by atoms with van der Waals surface area (Å²) in [5.74, 6) is -0.980. The molecular weight excluding hydrogens is 709 g/mol. The monoisotopic (exact) mass is 789 g/mol. The van der Waals surface area contributed by atoms with Crippen molar-refractivity contribution in [2.45, 2.75) is 175 Å². The summed E-state index contributed by atoms with van der Waals surface area (Å²) in [6.45, 7) is 32.1. The molecule has 0 saturated heterocycles. The Morgan fingerprint density at radius 3 is 1.98 bits per heavy atom. The zero-order valence-electron chi connectivity index (χ0n) is 36.1. The summed E-state index contributed by atoms with van der Waals surface area (Å²) in [5.41, 5.74) is -2.62. The number of aldehydes is 1. The van der Waals surface area contributed by atoms with Crippen molar-refractivity contribution in [1.82, 2.24) is 0 Å². The number of Topliss-reactive ketones (excluding diaryl/α,β-unsaturated/α-hetero) is 1. The lowest BCUT2D eigenvalue weighted by molar-refractivity contribution is -0.258. The van der Waals surface area contributed by atoms with Crippen molar-refractivity contribution in [2.24, 2.45) is 28.1 Å². The van der Waals surface area contributed by atoms with Crippen LogP contribution in [0.15, 0.2) is 0 Å². The van der Waals surface area contributed by atoms with Crippen LogP contribution in [0.5, 0.6) is 0 Å².